The van der Waals surface area contributed by atoms with Gasteiger partial charge in [0.15, 0.2) is 0 Å². The second-order valence-electron chi connectivity index (χ2n) is 4.49. The van der Waals surface area contributed by atoms with Gasteiger partial charge in [0.1, 0.15) is 12.1 Å². The Hall–Kier alpha value is -0.430. The van der Waals surface area contributed by atoms with Crippen LogP contribution in [-0.2, 0) is 0 Å². The van der Waals surface area contributed by atoms with Gasteiger partial charge in [-0.1, -0.05) is 13.8 Å². The maximum atomic E-state index is 9.62. The molecule has 1 aromatic rings. The summed E-state index contributed by atoms with van der Waals surface area (Å²) in [6, 6.07) is 0.288. The molecule has 2 atom stereocenters. The molecular formula is C10H14IN3O. The molecular weight excluding hydrogens is 305 g/mol. The SMILES string of the molecule is CC1(C)C(O)CC1Nc1ncncc1I. The van der Waals surface area contributed by atoms with Crippen molar-refractivity contribution in [3.8, 4) is 0 Å². The predicted octanol–water partition coefficient (Wildman–Crippen LogP) is 1.65. The molecule has 0 radical (unpaired) electrons. The molecule has 82 valence electrons. The first-order chi connectivity index (χ1) is 7.01. The first-order valence-corrected chi connectivity index (χ1v) is 6.00. The summed E-state index contributed by atoms with van der Waals surface area (Å²) in [5.41, 5.74) is -0.0754. The molecule has 1 heterocycles. The van der Waals surface area contributed by atoms with Gasteiger partial charge in [-0.25, -0.2) is 9.97 Å². The fourth-order valence-electron chi connectivity index (χ4n) is 1.73. The molecule has 1 fully saturated rings. The smallest absolute Gasteiger partial charge is 0.143 e. The molecule has 2 N–H and O–H groups in total. The van der Waals surface area contributed by atoms with Gasteiger partial charge in [-0.05, 0) is 29.0 Å². The summed E-state index contributed by atoms with van der Waals surface area (Å²) in [5.74, 6) is 0.857. The predicted molar refractivity (Wildman–Crippen MR) is 66.6 cm³/mol. The van der Waals surface area contributed by atoms with Gasteiger partial charge in [0.25, 0.3) is 0 Å². The van der Waals surface area contributed by atoms with Crippen LogP contribution in [0.5, 0.6) is 0 Å². The van der Waals surface area contributed by atoms with E-state index in [-0.39, 0.29) is 17.6 Å². The third-order valence-electron chi connectivity index (χ3n) is 3.19. The van der Waals surface area contributed by atoms with E-state index in [9.17, 15) is 5.11 Å². The van der Waals surface area contributed by atoms with Crippen molar-refractivity contribution in [1.29, 1.82) is 0 Å². The van der Waals surface area contributed by atoms with Crippen LogP contribution < -0.4 is 5.32 Å². The van der Waals surface area contributed by atoms with Crippen LogP contribution in [0.25, 0.3) is 0 Å². The van der Waals surface area contributed by atoms with Crippen molar-refractivity contribution in [3.05, 3.63) is 16.1 Å². The lowest BCUT2D eigenvalue weighted by molar-refractivity contribution is -0.0511. The summed E-state index contributed by atoms with van der Waals surface area (Å²) in [7, 11) is 0. The van der Waals surface area contributed by atoms with Crippen LogP contribution in [0.2, 0.25) is 0 Å². The number of aliphatic hydroxyl groups excluding tert-OH is 1. The summed E-state index contributed by atoms with van der Waals surface area (Å²) in [6.45, 7) is 4.12. The standard InChI is InChI=1S/C10H14IN3O/c1-10(2)7(3-8(10)15)14-9-6(11)4-12-5-13-9/h4-5,7-8,15H,3H2,1-2H3,(H,12,13,14). The molecule has 2 rings (SSSR count). The van der Waals surface area contributed by atoms with E-state index in [1.807, 2.05) is 0 Å². The summed E-state index contributed by atoms with van der Waals surface area (Å²) < 4.78 is 1.01. The molecule has 0 bridgehead atoms. The third kappa shape index (κ3) is 1.94. The zero-order chi connectivity index (χ0) is 11.1. The first-order valence-electron chi connectivity index (χ1n) is 4.92. The molecule has 4 nitrogen and oxygen atoms in total. The fraction of sp³-hybridized carbons (Fsp3) is 0.600. The van der Waals surface area contributed by atoms with Crippen LogP contribution in [-0.4, -0.2) is 27.2 Å². The molecule has 5 heteroatoms. The number of aromatic nitrogens is 2. The van der Waals surface area contributed by atoms with Crippen molar-refractivity contribution in [3.63, 3.8) is 0 Å². The van der Waals surface area contributed by atoms with Crippen LogP contribution >= 0.6 is 22.6 Å². The molecule has 0 spiro atoms. The van der Waals surface area contributed by atoms with Gasteiger partial charge < -0.3 is 10.4 Å². The van der Waals surface area contributed by atoms with Crippen LogP contribution in [0, 0.1) is 8.99 Å². The molecule has 15 heavy (non-hydrogen) atoms. The fourth-order valence-corrected chi connectivity index (χ4v) is 2.19. The van der Waals surface area contributed by atoms with E-state index in [0.29, 0.717) is 0 Å². The summed E-state index contributed by atoms with van der Waals surface area (Å²) in [6.07, 6.45) is 3.88. The number of halogens is 1. The molecule has 1 aliphatic rings. The van der Waals surface area contributed by atoms with Gasteiger partial charge >= 0.3 is 0 Å². The quantitative estimate of drug-likeness (QED) is 0.814. The van der Waals surface area contributed by atoms with Crippen LogP contribution in [0.1, 0.15) is 20.3 Å². The lowest BCUT2D eigenvalue weighted by Crippen LogP contribution is -2.57. The maximum Gasteiger partial charge on any atom is 0.143 e. The Labute approximate surface area is 103 Å². The van der Waals surface area contributed by atoms with Gasteiger partial charge in [-0.2, -0.15) is 0 Å². The second kappa shape index (κ2) is 3.86. The minimum absolute atomic E-state index is 0.0754. The number of nitrogens with one attached hydrogen (secondary N) is 1. The van der Waals surface area contributed by atoms with Crippen LogP contribution in [0.3, 0.4) is 0 Å². The van der Waals surface area contributed by atoms with Crippen molar-refractivity contribution in [2.75, 3.05) is 5.32 Å². The van der Waals surface area contributed by atoms with E-state index in [4.69, 9.17) is 0 Å². The molecule has 0 aliphatic heterocycles. The van der Waals surface area contributed by atoms with Crippen molar-refractivity contribution in [2.45, 2.75) is 32.4 Å². The second-order valence-corrected chi connectivity index (χ2v) is 5.65. The van der Waals surface area contributed by atoms with Gasteiger partial charge in [-0.15, -0.1) is 0 Å². The summed E-state index contributed by atoms with van der Waals surface area (Å²) in [4.78, 5) is 8.12. The zero-order valence-electron chi connectivity index (χ0n) is 8.74. The van der Waals surface area contributed by atoms with Gasteiger partial charge in [-0.3, -0.25) is 0 Å². The Morgan fingerprint density at radius 3 is 2.87 bits per heavy atom. The highest BCUT2D eigenvalue weighted by atomic mass is 127. The Morgan fingerprint density at radius 2 is 2.33 bits per heavy atom. The van der Waals surface area contributed by atoms with E-state index >= 15 is 0 Å². The zero-order valence-corrected chi connectivity index (χ0v) is 10.9. The average Bonchev–Trinajstić information content (AvgIpc) is 2.20. The van der Waals surface area contributed by atoms with Gasteiger partial charge in [0.05, 0.1) is 9.67 Å². The molecule has 0 amide bonds. The Bertz CT molecular complexity index is 369. The topological polar surface area (TPSA) is 58.0 Å². The monoisotopic (exact) mass is 319 g/mol. The number of hydrogen-bond donors (Lipinski definition) is 2. The number of anilines is 1. The third-order valence-corrected chi connectivity index (χ3v) is 3.98. The number of aliphatic hydroxyl groups is 1. The number of rotatable bonds is 2. The Morgan fingerprint density at radius 1 is 1.60 bits per heavy atom. The first kappa shape index (κ1) is 11.1. The number of nitrogens with zero attached hydrogens (tertiary/aromatic N) is 2. The molecule has 2 unspecified atom stereocenters. The lowest BCUT2D eigenvalue weighted by atomic mass is 9.64. The van der Waals surface area contributed by atoms with Crippen molar-refractivity contribution in [1.82, 2.24) is 9.97 Å². The van der Waals surface area contributed by atoms with E-state index < -0.39 is 0 Å². The van der Waals surface area contributed by atoms with Crippen molar-refractivity contribution >= 4 is 28.4 Å². The lowest BCUT2D eigenvalue weighted by Gasteiger charge is -2.49. The van der Waals surface area contributed by atoms with Crippen molar-refractivity contribution in [2.24, 2.45) is 5.41 Å². The molecule has 0 saturated heterocycles. The van der Waals surface area contributed by atoms with Crippen LogP contribution in [0.15, 0.2) is 12.5 Å². The molecule has 0 aromatic carbocycles. The van der Waals surface area contributed by atoms with Gasteiger partial charge in [0, 0.05) is 17.7 Å². The van der Waals surface area contributed by atoms with E-state index in [1.165, 1.54) is 6.33 Å². The van der Waals surface area contributed by atoms with Gasteiger partial charge in [0.2, 0.25) is 0 Å². The minimum Gasteiger partial charge on any atom is -0.392 e. The minimum atomic E-state index is -0.213. The normalized spacial score (nSPS) is 28.3. The Kier molecular flexibility index (Phi) is 2.85. The van der Waals surface area contributed by atoms with E-state index in [1.54, 1.807) is 6.20 Å². The molecule has 1 aliphatic carbocycles. The van der Waals surface area contributed by atoms with Crippen LogP contribution in [0.4, 0.5) is 5.82 Å². The highest BCUT2D eigenvalue weighted by Gasteiger charge is 2.47. The highest BCUT2D eigenvalue weighted by Crippen LogP contribution is 2.42. The molecule has 1 saturated carbocycles. The number of hydrogen-bond acceptors (Lipinski definition) is 4. The largest absolute Gasteiger partial charge is 0.392 e. The average molecular weight is 319 g/mol. The summed E-state index contributed by atoms with van der Waals surface area (Å²) in [5, 5.41) is 13.0. The summed E-state index contributed by atoms with van der Waals surface area (Å²) >= 11 is 2.20. The Balaban J connectivity index is 2.08. The molecule has 1 aromatic heterocycles. The highest BCUT2D eigenvalue weighted by molar-refractivity contribution is 14.1. The van der Waals surface area contributed by atoms with E-state index in [0.717, 1.165) is 15.8 Å². The van der Waals surface area contributed by atoms with Crippen molar-refractivity contribution < 1.29 is 5.11 Å². The maximum absolute atomic E-state index is 9.62. The van der Waals surface area contributed by atoms with E-state index in [2.05, 4.69) is 51.7 Å².